The molecule has 0 bridgehead atoms. The van der Waals surface area contributed by atoms with Gasteiger partial charge in [0.05, 0.1) is 13.2 Å². The quantitative estimate of drug-likeness (QED) is 0.941. The summed E-state index contributed by atoms with van der Waals surface area (Å²) in [5.41, 5.74) is 7.04. The second kappa shape index (κ2) is 4.72. The molecule has 1 heterocycles. The molecule has 0 spiro atoms. The Kier molecular flexibility index (Phi) is 3.31. The SMILES string of the molecule is COc1cccc(C(N)c2ccc(Br)o2)c1. The fourth-order valence-electron chi connectivity index (χ4n) is 1.49. The van der Waals surface area contributed by atoms with Crippen molar-refractivity contribution in [1.82, 2.24) is 0 Å². The van der Waals surface area contributed by atoms with Crippen LogP contribution in [0.15, 0.2) is 45.5 Å². The topological polar surface area (TPSA) is 48.4 Å². The van der Waals surface area contributed by atoms with Crippen molar-refractivity contribution in [1.29, 1.82) is 0 Å². The Morgan fingerprint density at radius 3 is 2.75 bits per heavy atom. The van der Waals surface area contributed by atoms with E-state index in [0.29, 0.717) is 4.67 Å². The number of nitrogens with two attached hydrogens (primary N) is 1. The van der Waals surface area contributed by atoms with Crippen LogP contribution in [0.2, 0.25) is 0 Å². The Labute approximate surface area is 102 Å². The van der Waals surface area contributed by atoms with Crippen LogP contribution >= 0.6 is 15.9 Å². The van der Waals surface area contributed by atoms with Gasteiger partial charge in [-0.1, -0.05) is 12.1 Å². The van der Waals surface area contributed by atoms with E-state index < -0.39 is 0 Å². The average molecular weight is 282 g/mol. The molecule has 4 heteroatoms. The zero-order chi connectivity index (χ0) is 11.5. The van der Waals surface area contributed by atoms with Crippen molar-refractivity contribution in [2.45, 2.75) is 6.04 Å². The molecule has 2 N–H and O–H groups in total. The molecule has 1 atom stereocenters. The molecule has 3 nitrogen and oxygen atoms in total. The summed E-state index contributed by atoms with van der Waals surface area (Å²) in [5, 5.41) is 0. The third-order valence-corrected chi connectivity index (χ3v) is 2.78. The van der Waals surface area contributed by atoms with Gasteiger partial charge >= 0.3 is 0 Å². The molecule has 0 radical (unpaired) electrons. The molecule has 84 valence electrons. The average Bonchev–Trinajstić information content (AvgIpc) is 2.75. The molecular formula is C12H12BrNO2. The highest BCUT2D eigenvalue weighted by molar-refractivity contribution is 9.10. The molecule has 2 aromatic rings. The van der Waals surface area contributed by atoms with Gasteiger partial charge in [-0.2, -0.15) is 0 Å². The van der Waals surface area contributed by atoms with E-state index in [4.69, 9.17) is 14.9 Å². The predicted molar refractivity (Wildman–Crippen MR) is 65.4 cm³/mol. The number of benzene rings is 1. The van der Waals surface area contributed by atoms with Crippen LogP contribution in [0.5, 0.6) is 5.75 Å². The number of furan rings is 1. The summed E-state index contributed by atoms with van der Waals surface area (Å²) >= 11 is 3.25. The van der Waals surface area contributed by atoms with E-state index in [1.807, 2.05) is 36.4 Å². The molecule has 2 rings (SSSR count). The molecule has 0 aliphatic carbocycles. The Morgan fingerprint density at radius 1 is 1.31 bits per heavy atom. The van der Waals surface area contributed by atoms with Gasteiger partial charge in [-0.25, -0.2) is 0 Å². The molecule has 0 saturated carbocycles. The Hall–Kier alpha value is -1.26. The van der Waals surface area contributed by atoms with Crippen LogP contribution in [0.3, 0.4) is 0 Å². The van der Waals surface area contributed by atoms with Gasteiger partial charge in [-0.05, 0) is 45.8 Å². The van der Waals surface area contributed by atoms with E-state index in [0.717, 1.165) is 17.1 Å². The standard InChI is InChI=1S/C12H12BrNO2/c1-15-9-4-2-3-8(7-9)12(14)10-5-6-11(13)16-10/h2-7,12H,14H2,1H3. The van der Waals surface area contributed by atoms with E-state index in [1.54, 1.807) is 7.11 Å². The lowest BCUT2D eigenvalue weighted by atomic mass is 10.1. The molecule has 0 saturated heterocycles. The molecule has 1 aromatic heterocycles. The molecule has 1 unspecified atom stereocenters. The number of hydrogen-bond donors (Lipinski definition) is 1. The first kappa shape index (κ1) is 11.2. The maximum Gasteiger partial charge on any atom is 0.169 e. The third kappa shape index (κ3) is 2.28. The smallest absolute Gasteiger partial charge is 0.169 e. The first-order chi connectivity index (χ1) is 7.70. The summed E-state index contributed by atoms with van der Waals surface area (Å²) in [6.07, 6.45) is 0. The van der Waals surface area contributed by atoms with Crippen LogP contribution in [-0.2, 0) is 0 Å². The predicted octanol–water partition coefficient (Wildman–Crippen LogP) is 3.10. The van der Waals surface area contributed by atoms with Gasteiger partial charge < -0.3 is 14.9 Å². The fourth-order valence-corrected chi connectivity index (χ4v) is 1.81. The normalized spacial score (nSPS) is 12.4. The number of hydrogen-bond acceptors (Lipinski definition) is 3. The van der Waals surface area contributed by atoms with Crippen LogP contribution in [-0.4, -0.2) is 7.11 Å². The number of methoxy groups -OCH3 is 1. The lowest BCUT2D eigenvalue weighted by molar-refractivity contribution is 0.413. The third-order valence-electron chi connectivity index (χ3n) is 2.35. The molecule has 0 amide bonds. The molecular weight excluding hydrogens is 270 g/mol. The molecule has 0 fully saturated rings. The summed E-state index contributed by atoms with van der Waals surface area (Å²) in [5.74, 6) is 1.51. The van der Waals surface area contributed by atoms with Crippen LogP contribution in [0.25, 0.3) is 0 Å². The van der Waals surface area contributed by atoms with E-state index in [9.17, 15) is 0 Å². The molecule has 16 heavy (non-hydrogen) atoms. The minimum absolute atomic E-state index is 0.276. The van der Waals surface area contributed by atoms with Crippen LogP contribution < -0.4 is 10.5 Å². The van der Waals surface area contributed by atoms with Crippen molar-refractivity contribution in [3.8, 4) is 5.75 Å². The minimum Gasteiger partial charge on any atom is -0.497 e. The lowest BCUT2D eigenvalue weighted by Gasteiger charge is -2.10. The van der Waals surface area contributed by atoms with Crippen molar-refractivity contribution >= 4 is 15.9 Å². The van der Waals surface area contributed by atoms with Crippen LogP contribution in [0.4, 0.5) is 0 Å². The summed E-state index contributed by atoms with van der Waals surface area (Å²) in [6, 6.07) is 11.1. The Bertz CT molecular complexity index is 481. The number of ether oxygens (including phenoxy) is 1. The monoisotopic (exact) mass is 281 g/mol. The summed E-state index contributed by atoms with van der Waals surface area (Å²) < 4.78 is 11.3. The maximum atomic E-state index is 6.08. The van der Waals surface area contributed by atoms with Crippen molar-refractivity contribution < 1.29 is 9.15 Å². The second-order valence-electron chi connectivity index (χ2n) is 3.40. The fraction of sp³-hybridized carbons (Fsp3) is 0.167. The van der Waals surface area contributed by atoms with Crippen LogP contribution in [0, 0.1) is 0 Å². The first-order valence-electron chi connectivity index (χ1n) is 4.85. The van der Waals surface area contributed by atoms with E-state index in [1.165, 1.54) is 0 Å². The molecule has 1 aromatic carbocycles. The van der Waals surface area contributed by atoms with Gasteiger partial charge in [0.1, 0.15) is 11.5 Å². The number of rotatable bonds is 3. The van der Waals surface area contributed by atoms with E-state index in [2.05, 4.69) is 15.9 Å². The van der Waals surface area contributed by atoms with Gasteiger partial charge in [-0.15, -0.1) is 0 Å². The van der Waals surface area contributed by atoms with Gasteiger partial charge in [0.15, 0.2) is 4.67 Å². The van der Waals surface area contributed by atoms with Gasteiger partial charge in [0, 0.05) is 0 Å². The van der Waals surface area contributed by atoms with Crippen molar-refractivity contribution in [2.24, 2.45) is 5.73 Å². The molecule has 0 aliphatic rings. The summed E-state index contributed by atoms with van der Waals surface area (Å²) in [6.45, 7) is 0. The highest BCUT2D eigenvalue weighted by Gasteiger charge is 2.13. The highest BCUT2D eigenvalue weighted by atomic mass is 79.9. The Balaban J connectivity index is 2.29. The van der Waals surface area contributed by atoms with E-state index >= 15 is 0 Å². The number of halogens is 1. The van der Waals surface area contributed by atoms with Gasteiger partial charge in [0.2, 0.25) is 0 Å². The first-order valence-corrected chi connectivity index (χ1v) is 5.65. The molecule has 0 aliphatic heterocycles. The zero-order valence-electron chi connectivity index (χ0n) is 8.81. The van der Waals surface area contributed by atoms with Crippen molar-refractivity contribution in [3.63, 3.8) is 0 Å². The van der Waals surface area contributed by atoms with Crippen LogP contribution in [0.1, 0.15) is 17.4 Å². The van der Waals surface area contributed by atoms with E-state index in [-0.39, 0.29) is 6.04 Å². The zero-order valence-corrected chi connectivity index (χ0v) is 10.4. The van der Waals surface area contributed by atoms with Crippen molar-refractivity contribution in [3.05, 3.63) is 52.4 Å². The van der Waals surface area contributed by atoms with Gasteiger partial charge in [0.25, 0.3) is 0 Å². The highest BCUT2D eigenvalue weighted by Crippen LogP contribution is 2.26. The maximum absolute atomic E-state index is 6.08. The minimum atomic E-state index is -0.276. The summed E-state index contributed by atoms with van der Waals surface area (Å²) in [4.78, 5) is 0. The summed E-state index contributed by atoms with van der Waals surface area (Å²) in [7, 11) is 1.63. The largest absolute Gasteiger partial charge is 0.497 e. The second-order valence-corrected chi connectivity index (χ2v) is 4.18. The van der Waals surface area contributed by atoms with Crippen molar-refractivity contribution in [2.75, 3.05) is 7.11 Å². The Morgan fingerprint density at radius 2 is 2.12 bits per heavy atom. The lowest BCUT2D eigenvalue weighted by Crippen LogP contribution is -2.10. The van der Waals surface area contributed by atoms with Gasteiger partial charge in [-0.3, -0.25) is 0 Å².